The van der Waals surface area contributed by atoms with Crippen molar-refractivity contribution >= 4 is 11.2 Å². The lowest BCUT2D eigenvalue weighted by Crippen LogP contribution is -2.14. The van der Waals surface area contributed by atoms with Gasteiger partial charge in [0.15, 0.2) is 0 Å². The third kappa shape index (κ3) is 3.18. The summed E-state index contributed by atoms with van der Waals surface area (Å²) in [6.45, 7) is 10.5. The van der Waals surface area contributed by atoms with Crippen LogP contribution in [0.1, 0.15) is 37.2 Å². The summed E-state index contributed by atoms with van der Waals surface area (Å²) in [4.78, 5) is 4.52. The molecule has 0 bridgehead atoms. The summed E-state index contributed by atoms with van der Waals surface area (Å²) in [5.74, 6) is 0.628. The molecule has 0 saturated heterocycles. The minimum absolute atomic E-state index is 0.411. The molecule has 132 valence electrons. The molecular formula is C20H26N4O. The van der Waals surface area contributed by atoms with Gasteiger partial charge >= 0.3 is 0 Å². The Morgan fingerprint density at radius 2 is 1.96 bits per heavy atom. The van der Waals surface area contributed by atoms with Crippen molar-refractivity contribution in [2.75, 3.05) is 12.4 Å². The Kier molecular flexibility index (Phi) is 4.66. The molecule has 0 fully saturated rings. The van der Waals surface area contributed by atoms with E-state index in [-0.39, 0.29) is 0 Å². The Balaban J connectivity index is 2.21. The van der Waals surface area contributed by atoms with Crippen LogP contribution in [0.3, 0.4) is 0 Å². The molecule has 0 unspecified atom stereocenters. The molecule has 1 atom stereocenters. The Hall–Kier alpha value is -2.56. The van der Waals surface area contributed by atoms with Crippen LogP contribution >= 0.6 is 0 Å². The molecule has 1 N–H and O–H groups in total. The largest absolute Gasteiger partial charge is 0.481 e. The Morgan fingerprint density at radius 3 is 2.60 bits per heavy atom. The monoisotopic (exact) mass is 338 g/mol. The lowest BCUT2D eigenvalue weighted by Gasteiger charge is -2.15. The first kappa shape index (κ1) is 17.3. The molecule has 3 heterocycles. The average Bonchev–Trinajstić information content (AvgIpc) is 2.90. The number of nitrogens with zero attached hydrogens (tertiary/aromatic N) is 3. The fourth-order valence-electron chi connectivity index (χ4n) is 3.10. The SMILES string of the molecule is CC[C@H](C)Nc1cc(C)nn2c(-c3ccc(OC)nc3C)c(C)cc12. The van der Waals surface area contributed by atoms with Crippen molar-refractivity contribution in [3.63, 3.8) is 0 Å². The minimum Gasteiger partial charge on any atom is -0.481 e. The predicted molar refractivity (Wildman–Crippen MR) is 103 cm³/mol. The molecule has 3 aromatic rings. The highest BCUT2D eigenvalue weighted by molar-refractivity contribution is 5.80. The van der Waals surface area contributed by atoms with Crippen molar-refractivity contribution in [1.82, 2.24) is 14.6 Å². The van der Waals surface area contributed by atoms with Gasteiger partial charge in [0.1, 0.15) is 0 Å². The molecule has 5 heteroatoms. The maximum Gasteiger partial charge on any atom is 0.213 e. The van der Waals surface area contributed by atoms with E-state index in [1.165, 1.54) is 5.56 Å². The van der Waals surface area contributed by atoms with Crippen molar-refractivity contribution in [2.24, 2.45) is 0 Å². The van der Waals surface area contributed by atoms with Gasteiger partial charge in [-0.1, -0.05) is 6.92 Å². The first-order chi connectivity index (χ1) is 11.9. The summed E-state index contributed by atoms with van der Waals surface area (Å²) in [6, 6.07) is 8.67. The van der Waals surface area contributed by atoms with E-state index in [9.17, 15) is 0 Å². The predicted octanol–water partition coefficient (Wildman–Crippen LogP) is 4.54. The van der Waals surface area contributed by atoms with Crippen molar-refractivity contribution in [3.05, 3.63) is 41.2 Å². The molecule has 3 rings (SSSR count). The second-order valence-corrected chi connectivity index (χ2v) is 6.61. The molecule has 0 aliphatic rings. The Labute approximate surface area is 149 Å². The number of hydrogen-bond acceptors (Lipinski definition) is 4. The van der Waals surface area contributed by atoms with Crippen LogP contribution in [0.2, 0.25) is 0 Å². The lowest BCUT2D eigenvalue weighted by atomic mass is 10.1. The molecular weight excluding hydrogens is 312 g/mol. The van der Waals surface area contributed by atoms with Crippen LogP contribution in [0, 0.1) is 20.8 Å². The molecule has 0 spiro atoms. The topological polar surface area (TPSA) is 51.5 Å². The first-order valence-electron chi connectivity index (χ1n) is 8.73. The zero-order valence-electron chi connectivity index (χ0n) is 15.8. The number of ether oxygens (including phenoxy) is 1. The Bertz CT molecular complexity index is 914. The zero-order chi connectivity index (χ0) is 18.1. The van der Waals surface area contributed by atoms with Crippen LogP contribution in [0.25, 0.3) is 16.8 Å². The van der Waals surface area contributed by atoms with Gasteiger partial charge in [-0.2, -0.15) is 5.10 Å². The van der Waals surface area contributed by atoms with Crippen molar-refractivity contribution in [3.8, 4) is 17.1 Å². The van der Waals surface area contributed by atoms with E-state index in [2.05, 4.69) is 49.3 Å². The van der Waals surface area contributed by atoms with Crippen LogP contribution in [-0.4, -0.2) is 27.7 Å². The van der Waals surface area contributed by atoms with Crippen LogP contribution in [-0.2, 0) is 0 Å². The maximum atomic E-state index is 5.24. The summed E-state index contributed by atoms with van der Waals surface area (Å²) < 4.78 is 7.27. The normalized spacial score (nSPS) is 12.4. The summed E-state index contributed by atoms with van der Waals surface area (Å²) in [5, 5.41) is 8.37. The van der Waals surface area contributed by atoms with Gasteiger partial charge in [-0.05, 0) is 57.9 Å². The second-order valence-electron chi connectivity index (χ2n) is 6.61. The fraction of sp³-hybridized carbons (Fsp3) is 0.400. The molecule has 25 heavy (non-hydrogen) atoms. The highest BCUT2D eigenvalue weighted by atomic mass is 16.5. The number of fused-ring (bicyclic) bond motifs is 1. The zero-order valence-corrected chi connectivity index (χ0v) is 15.8. The summed E-state index contributed by atoms with van der Waals surface area (Å²) in [7, 11) is 1.64. The smallest absolute Gasteiger partial charge is 0.213 e. The van der Waals surface area contributed by atoms with E-state index >= 15 is 0 Å². The molecule has 5 nitrogen and oxygen atoms in total. The molecule has 0 aliphatic carbocycles. The van der Waals surface area contributed by atoms with E-state index in [4.69, 9.17) is 9.84 Å². The molecule has 0 aromatic carbocycles. The third-order valence-corrected chi connectivity index (χ3v) is 4.59. The average molecular weight is 338 g/mol. The van der Waals surface area contributed by atoms with Crippen LogP contribution < -0.4 is 10.1 Å². The van der Waals surface area contributed by atoms with Gasteiger partial charge in [0.2, 0.25) is 5.88 Å². The first-order valence-corrected chi connectivity index (χ1v) is 8.73. The minimum atomic E-state index is 0.411. The van der Waals surface area contributed by atoms with Gasteiger partial charge < -0.3 is 10.1 Å². The van der Waals surface area contributed by atoms with Gasteiger partial charge in [-0.15, -0.1) is 0 Å². The van der Waals surface area contributed by atoms with E-state index in [0.29, 0.717) is 11.9 Å². The number of pyridine rings is 1. The van der Waals surface area contributed by atoms with Crippen LogP contribution in [0.15, 0.2) is 24.3 Å². The second kappa shape index (κ2) is 6.75. The van der Waals surface area contributed by atoms with E-state index < -0.39 is 0 Å². The number of methoxy groups -OCH3 is 1. The molecule has 0 amide bonds. The highest BCUT2D eigenvalue weighted by Crippen LogP contribution is 2.32. The van der Waals surface area contributed by atoms with Gasteiger partial charge in [0.05, 0.1) is 35.4 Å². The van der Waals surface area contributed by atoms with Crippen molar-refractivity contribution < 1.29 is 4.74 Å². The number of rotatable bonds is 5. The molecule has 0 saturated carbocycles. The summed E-state index contributed by atoms with van der Waals surface area (Å²) in [5.41, 5.74) is 7.46. The third-order valence-electron chi connectivity index (χ3n) is 4.59. The van der Waals surface area contributed by atoms with E-state index in [1.807, 2.05) is 24.4 Å². The number of aryl methyl sites for hydroxylation is 3. The maximum absolute atomic E-state index is 5.24. The number of nitrogens with one attached hydrogen (secondary N) is 1. The number of anilines is 1. The lowest BCUT2D eigenvalue weighted by molar-refractivity contribution is 0.397. The van der Waals surface area contributed by atoms with Crippen molar-refractivity contribution in [1.29, 1.82) is 0 Å². The highest BCUT2D eigenvalue weighted by Gasteiger charge is 2.17. The van der Waals surface area contributed by atoms with Crippen LogP contribution in [0.5, 0.6) is 5.88 Å². The molecule has 0 aliphatic heterocycles. The van der Waals surface area contributed by atoms with Gasteiger partial charge in [-0.25, -0.2) is 9.50 Å². The van der Waals surface area contributed by atoms with Gasteiger partial charge in [0.25, 0.3) is 0 Å². The van der Waals surface area contributed by atoms with Gasteiger partial charge in [-0.3, -0.25) is 0 Å². The Morgan fingerprint density at radius 1 is 1.20 bits per heavy atom. The molecule has 0 radical (unpaired) electrons. The number of aromatic nitrogens is 3. The van der Waals surface area contributed by atoms with Crippen molar-refractivity contribution in [2.45, 2.75) is 47.1 Å². The quantitative estimate of drug-likeness (QED) is 0.742. The van der Waals surface area contributed by atoms with E-state index in [0.717, 1.165) is 40.3 Å². The fourth-order valence-corrected chi connectivity index (χ4v) is 3.10. The summed E-state index contributed by atoms with van der Waals surface area (Å²) in [6.07, 6.45) is 1.07. The van der Waals surface area contributed by atoms with E-state index in [1.54, 1.807) is 7.11 Å². The molecule has 3 aromatic heterocycles. The van der Waals surface area contributed by atoms with Gasteiger partial charge in [0, 0.05) is 17.7 Å². The van der Waals surface area contributed by atoms with Crippen LogP contribution in [0.4, 0.5) is 5.69 Å². The summed E-state index contributed by atoms with van der Waals surface area (Å²) >= 11 is 0. The standard InChI is InChI=1S/C20H26N4O/c1-7-13(3)21-17-11-14(4)23-24-18(17)10-12(2)20(24)16-8-9-19(25-6)22-15(16)5/h8-11,13,21H,7H2,1-6H3/t13-/m0/s1. The number of hydrogen-bond donors (Lipinski definition) is 1.